The highest BCUT2D eigenvalue weighted by Crippen LogP contribution is 2.25. The quantitative estimate of drug-likeness (QED) is 0.579. The summed E-state index contributed by atoms with van der Waals surface area (Å²) in [6.07, 6.45) is 1.48. The van der Waals surface area contributed by atoms with Crippen LogP contribution in [0.25, 0.3) is 0 Å². The first kappa shape index (κ1) is 20.0. The van der Waals surface area contributed by atoms with E-state index in [-0.39, 0.29) is 29.4 Å². The summed E-state index contributed by atoms with van der Waals surface area (Å²) in [6.45, 7) is 5.34. The van der Waals surface area contributed by atoms with Gasteiger partial charge in [0.05, 0.1) is 11.8 Å². The summed E-state index contributed by atoms with van der Waals surface area (Å²) in [4.78, 5) is 32.6. The number of ketones is 1. The molecule has 1 aromatic heterocycles. The Morgan fingerprint density at radius 2 is 1.83 bits per heavy atom. The van der Waals surface area contributed by atoms with Crippen LogP contribution in [0.1, 0.15) is 41.6 Å². The number of benzene rings is 2. The molecule has 0 spiro atoms. The Morgan fingerprint density at radius 1 is 1.03 bits per heavy atom. The highest BCUT2D eigenvalue weighted by molar-refractivity contribution is 6.03. The molecule has 0 atom stereocenters. The number of carbonyl (C=O) groups excluding carboxylic acids is 2. The van der Waals surface area contributed by atoms with Crippen molar-refractivity contribution in [3.63, 3.8) is 0 Å². The second-order valence-corrected chi connectivity index (χ2v) is 6.64. The van der Waals surface area contributed by atoms with Crippen LogP contribution in [-0.2, 0) is 0 Å². The molecule has 148 valence electrons. The van der Waals surface area contributed by atoms with E-state index < -0.39 is 0 Å². The van der Waals surface area contributed by atoms with E-state index >= 15 is 0 Å². The van der Waals surface area contributed by atoms with Crippen molar-refractivity contribution in [3.05, 3.63) is 72.1 Å². The Balaban J connectivity index is 1.77. The first-order chi connectivity index (χ1) is 13.9. The minimum Gasteiger partial charge on any atom is -0.489 e. The van der Waals surface area contributed by atoms with E-state index in [1.165, 1.54) is 19.2 Å². The third-order valence-corrected chi connectivity index (χ3v) is 3.91. The first-order valence-electron chi connectivity index (χ1n) is 9.20. The van der Waals surface area contributed by atoms with Crippen molar-refractivity contribution < 1.29 is 14.3 Å². The number of rotatable bonds is 7. The molecule has 7 heteroatoms. The molecular formula is C22H22N4O3. The van der Waals surface area contributed by atoms with E-state index in [0.29, 0.717) is 22.7 Å². The lowest BCUT2D eigenvalue weighted by atomic mass is 10.1. The van der Waals surface area contributed by atoms with Crippen LogP contribution in [0.2, 0.25) is 0 Å². The lowest BCUT2D eigenvalue weighted by molar-refractivity contribution is 0.101. The van der Waals surface area contributed by atoms with Crippen molar-refractivity contribution in [1.82, 2.24) is 9.97 Å². The van der Waals surface area contributed by atoms with E-state index in [2.05, 4.69) is 20.6 Å². The number of nitrogens with one attached hydrogen (secondary N) is 2. The molecule has 0 radical (unpaired) electrons. The van der Waals surface area contributed by atoms with Crippen molar-refractivity contribution in [2.75, 3.05) is 10.6 Å². The molecule has 1 heterocycles. The lowest BCUT2D eigenvalue weighted by Crippen LogP contribution is -2.16. The minimum absolute atomic E-state index is 0.0197. The number of hydrogen-bond donors (Lipinski definition) is 2. The van der Waals surface area contributed by atoms with E-state index in [0.717, 1.165) is 0 Å². The van der Waals surface area contributed by atoms with Gasteiger partial charge in [-0.2, -0.15) is 0 Å². The molecule has 1 amide bonds. The monoisotopic (exact) mass is 390 g/mol. The summed E-state index contributed by atoms with van der Waals surface area (Å²) < 4.78 is 5.73. The van der Waals surface area contributed by atoms with E-state index in [4.69, 9.17) is 4.74 Å². The van der Waals surface area contributed by atoms with Gasteiger partial charge < -0.3 is 15.4 Å². The molecule has 0 bridgehead atoms. The molecule has 0 aliphatic rings. The summed E-state index contributed by atoms with van der Waals surface area (Å²) in [5.74, 6) is 0.423. The summed E-state index contributed by atoms with van der Waals surface area (Å²) >= 11 is 0. The van der Waals surface area contributed by atoms with E-state index in [1.807, 2.05) is 26.0 Å². The number of ether oxygens (including phenoxy) is 1. The fourth-order valence-electron chi connectivity index (χ4n) is 2.60. The third-order valence-electron chi connectivity index (χ3n) is 3.91. The minimum atomic E-state index is -0.382. The third kappa shape index (κ3) is 5.38. The van der Waals surface area contributed by atoms with E-state index in [9.17, 15) is 9.59 Å². The predicted molar refractivity (Wildman–Crippen MR) is 112 cm³/mol. The molecule has 0 saturated heterocycles. The van der Waals surface area contributed by atoms with Crippen molar-refractivity contribution >= 4 is 29.0 Å². The molecule has 0 aliphatic carbocycles. The fraction of sp³-hybridized carbons (Fsp3) is 0.182. The highest BCUT2D eigenvalue weighted by atomic mass is 16.5. The predicted octanol–water partition coefficient (Wildman–Crippen LogP) is 4.46. The SMILES string of the molecule is CC(=O)c1cccc(Nc2nccc(C(=O)Nc3ccccc3OC(C)C)n2)c1. The Bertz CT molecular complexity index is 1030. The summed E-state index contributed by atoms with van der Waals surface area (Å²) in [5.41, 5.74) is 2.00. The zero-order valence-electron chi connectivity index (χ0n) is 16.5. The van der Waals surface area contributed by atoms with Crippen molar-refractivity contribution in [2.45, 2.75) is 26.9 Å². The maximum atomic E-state index is 12.7. The molecule has 0 unspecified atom stereocenters. The van der Waals surface area contributed by atoms with Gasteiger partial charge in [0.1, 0.15) is 11.4 Å². The smallest absolute Gasteiger partial charge is 0.274 e. The van der Waals surface area contributed by atoms with Crippen LogP contribution in [-0.4, -0.2) is 27.8 Å². The Hall–Kier alpha value is -3.74. The van der Waals surface area contributed by atoms with Crippen LogP contribution in [0.4, 0.5) is 17.3 Å². The fourth-order valence-corrected chi connectivity index (χ4v) is 2.60. The molecule has 2 aromatic carbocycles. The number of aromatic nitrogens is 2. The number of hydrogen-bond acceptors (Lipinski definition) is 6. The van der Waals surface area contributed by atoms with Gasteiger partial charge in [-0.1, -0.05) is 24.3 Å². The van der Waals surface area contributed by atoms with Crippen LogP contribution < -0.4 is 15.4 Å². The second kappa shape index (κ2) is 8.97. The van der Waals surface area contributed by atoms with Gasteiger partial charge in [0, 0.05) is 17.4 Å². The van der Waals surface area contributed by atoms with E-state index in [1.54, 1.807) is 36.4 Å². The number of anilines is 3. The van der Waals surface area contributed by atoms with Crippen molar-refractivity contribution in [2.24, 2.45) is 0 Å². The van der Waals surface area contributed by atoms with Gasteiger partial charge in [-0.15, -0.1) is 0 Å². The molecule has 3 aromatic rings. The molecule has 2 N–H and O–H groups in total. The summed E-state index contributed by atoms with van der Waals surface area (Å²) in [6, 6.07) is 15.7. The van der Waals surface area contributed by atoms with Crippen molar-refractivity contribution in [1.29, 1.82) is 0 Å². The normalized spacial score (nSPS) is 10.5. The van der Waals surface area contributed by atoms with Gasteiger partial charge in [0.15, 0.2) is 5.78 Å². The maximum Gasteiger partial charge on any atom is 0.274 e. The molecule has 7 nitrogen and oxygen atoms in total. The Kier molecular flexibility index (Phi) is 6.19. The standard InChI is InChI=1S/C22H22N4O3/c1-14(2)29-20-10-5-4-9-18(20)25-21(28)19-11-12-23-22(26-19)24-17-8-6-7-16(13-17)15(3)27/h4-14H,1-3H3,(H,25,28)(H,23,24,26). The molecular weight excluding hydrogens is 368 g/mol. The second-order valence-electron chi connectivity index (χ2n) is 6.64. The van der Waals surface area contributed by atoms with Gasteiger partial charge in [-0.3, -0.25) is 9.59 Å². The van der Waals surface area contributed by atoms with Crippen LogP contribution in [0.3, 0.4) is 0 Å². The number of carbonyl (C=O) groups is 2. The van der Waals surface area contributed by atoms with Crippen molar-refractivity contribution in [3.8, 4) is 5.75 Å². The molecule has 29 heavy (non-hydrogen) atoms. The number of nitrogens with zero attached hydrogens (tertiary/aromatic N) is 2. The molecule has 0 aliphatic heterocycles. The first-order valence-corrected chi connectivity index (χ1v) is 9.20. The van der Waals surface area contributed by atoms with Gasteiger partial charge in [-0.25, -0.2) is 9.97 Å². The zero-order valence-corrected chi connectivity index (χ0v) is 16.5. The average molecular weight is 390 g/mol. The largest absolute Gasteiger partial charge is 0.489 e. The summed E-state index contributed by atoms with van der Waals surface area (Å²) in [5, 5.41) is 5.84. The summed E-state index contributed by atoms with van der Waals surface area (Å²) in [7, 11) is 0. The van der Waals surface area contributed by atoms with Crippen LogP contribution in [0.15, 0.2) is 60.8 Å². The zero-order chi connectivity index (χ0) is 20.8. The lowest BCUT2D eigenvalue weighted by Gasteiger charge is -2.14. The van der Waals surface area contributed by atoms with Gasteiger partial charge >= 0.3 is 0 Å². The Morgan fingerprint density at radius 3 is 2.59 bits per heavy atom. The van der Waals surface area contributed by atoms with Gasteiger partial charge in [0.2, 0.25) is 5.95 Å². The van der Waals surface area contributed by atoms with Gasteiger partial charge in [0.25, 0.3) is 5.91 Å². The molecule has 3 rings (SSSR count). The van der Waals surface area contributed by atoms with Crippen LogP contribution >= 0.6 is 0 Å². The maximum absolute atomic E-state index is 12.7. The highest BCUT2D eigenvalue weighted by Gasteiger charge is 2.13. The number of amides is 1. The Labute approximate surface area is 169 Å². The van der Waals surface area contributed by atoms with Crippen LogP contribution in [0, 0.1) is 0 Å². The van der Waals surface area contributed by atoms with Crippen LogP contribution in [0.5, 0.6) is 5.75 Å². The molecule has 0 saturated carbocycles. The molecule has 0 fully saturated rings. The average Bonchev–Trinajstić information content (AvgIpc) is 2.69. The van der Waals surface area contributed by atoms with Gasteiger partial charge in [-0.05, 0) is 51.1 Å². The number of para-hydroxylation sites is 2. The number of Topliss-reactive ketones (excluding diaryl/α,β-unsaturated/α-hetero) is 1. The topological polar surface area (TPSA) is 93.2 Å².